The van der Waals surface area contributed by atoms with E-state index in [-0.39, 0.29) is 11.2 Å². The number of hydrogen-bond acceptors (Lipinski definition) is 1. The molecule has 2 aromatic rings. The molecule has 1 nitrogen and oxygen atoms in total. The van der Waals surface area contributed by atoms with Gasteiger partial charge in [-0.3, -0.25) is 4.79 Å². The average Bonchev–Trinajstić information content (AvgIpc) is 2.47. The molecule has 2 rings (SSSR count). The van der Waals surface area contributed by atoms with Crippen molar-refractivity contribution in [3.05, 3.63) is 71.8 Å². The molecule has 0 N–H and O–H groups in total. The minimum absolute atomic E-state index is 0.000506. The zero-order chi connectivity index (χ0) is 13.0. The number of carbonyl (C=O) groups is 1. The topological polar surface area (TPSA) is 17.1 Å². The van der Waals surface area contributed by atoms with Crippen molar-refractivity contribution in [1.29, 1.82) is 0 Å². The molecule has 0 aliphatic carbocycles. The normalized spacial score (nSPS) is 13.9. The van der Waals surface area contributed by atoms with Crippen LogP contribution in [0.15, 0.2) is 60.7 Å². The predicted octanol–water partition coefficient (Wildman–Crippen LogP) is 4.61. The van der Waals surface area contributed by atoms with Gasteiger partial charge in [-0.05, 0) is 5.56 Å². The van der Waals surface area contributed by atoms with E-state index in [1.54, 1.807) is 12.1 Å². The molecule has 0 saturated heterocycles. The average molecular weight is 324 g/mol. The van der Waals surface area contributed by atoms with E-state index >= 15 is 0 Å². The zero-order valence-corrected chi connectivity index (χ0v) is 11.9. The highest BCUT2D eigenvalue weighted by molar-refractivity contribution is 9.10. The highest BCUT2D eigenvalue weighted by atomic mass is 79.9. The molecule has 0 radical (unpaired) electrons. The van der Waals surface area contributed by atoms with Crippen LogP contribution in [0.25, 0.3) is 0 Å². The van der Waals surface area contributed by atoms with Gasteiger partial charge >= 0.3 is 0 Å². The third-order valence-electron chi connectivity index (χ3n) is 2.68. The van der Waals surface area contributed by atoms with Gasteiger partial charge in [-0.1, -0.05) is 76.6 Å². The summed E-state index contributed by atoms with van der Waals surface area (Å²) in [6, 6.07) is 18.8. The molecule has 0 unspecified atom stereocenters. The van der Waals surface area contributed by atoms with Crippen molar-refractivity contribution in [3.8, 4) is 0 Å². The second-order valence-corrected chi connectivity index (χ2v) is 5.40. The Morgan fingerprint density at radius 1 is 0.944 bits per heavy atom. The second kappa shape index (κ2) is 6.17. The highest BCUT2D eigenvalue weighted by Gasteiger charge is 2.25. The van der Waals surface area contributed by atoms with Gasteiger partial charge in [-0.2, -0.15) is 0 Å². The monoisotopic (exact) mass is 322 g/mol. The first-order valence-electron chi connectivity index (χ1n) is 5.62. The summed E-state index contributed by atoms with van der Waals surface area (Å²) in [5, 5.41) is -0.376. The smallest absolute Gasteiger partial charge is 0.178 e. The van der Waals surface area contributed by atoms with E-state index in [9.17, 15) is 4.79 Å². The zero-order valence-electron chi connectivity index (χ0n) is 9.59. The van der Waals surface area contributed by atoms with Crippen LogP contribution >= 0.6 is 27.5 Å². The summed E-state index contributed by atoms with van der Waals surface area (Å²) in [4.78, 5) is 11.8. The van der Waals surface area contributed by atoms with Crippen molar-refractivity contribution < 1.29 is 4.79 Å². The molecular formula is C15H12BrClO. The summed E-state index contributed by atoms with van der Waals surface area (Å²) in [6.45, 7) is 0. The van der Waals surface area contributed by atoms with Crippen LogP contribution < -0.4 is 0 Å². The summed E-state index contributed by atoms with van der Waals surface area (Å²) >= 11 is 9.73. The molecule has 0 amide bonds. The minimum Gasteiger partial charge on any atom is -0.293 e. The SMILES string of the molecule is O=C(c1ccccc1)[C@H](Br)[C@@H](Cl)c1ccccc1. The van der Waals surface area contributed by atoms with E-state index in [1.165, 1.54) is 0 Å². The molecule has 3 heteroatoms. The lowest BCUT2D eigenvalue weighted by atomic mass is 10.0. The lowest BCUT2D eigenvalue weighted by Gasteiger charge is -2.15. The molecular weight excluding hydrogens is 312 g/mol. The second-order valence-electron chi connectivity index (χ2n) is 3.94. The van der Waals surface area contributed by atoms with Gasteiger partial charge in [-0.25, -0.2) is 0 Å². The van der Waals surface area contributed by atoms with Crippen LogP contribution in [-0.2, 0) is 0 Å². The summed E-state index contributed by atoms with van der Waals surface area (Å²) < 4.78 is 0. The van der Waals surface area contributed by atoms with E-state index in [2.05, 4.69) is 15.9 Å². The fourth-order valence-corrected chi connectivity index (χ4v) is 2.53. The van der Waals surface area contributed by atoms with E-state index in [0.29, 0.717) is 5.56 Å². The summed E-state index contributed by atoms with van der Waals surface area (Å²) in [6.07, 6.45) is 0. The van der Waals surface area contributed by atoms with Crippen LogP contribution in [0.4, 0.5) is 0 Å². The first kappa shape index (κ1) is 13.3. The molecule has 0 spiro atoms. The standard InChI is InChI=1S/C15H12BrClO/c16-13(14(17)11-7-3-1-4-8-11)15(18)12-9-5-2-6-10-12/h1-10,13-14H/t13-,14+/m1/s1. The number of ketones is 1. The molecule has 92 valence electrons. The van der Waals surface area contributed by atoms with E-state index in [0.717, 1.165) is 5.56 Å². The number of Topliss-reactive ketones (excluding diaryl/α,β-unsaturated/α-hetero) is 1. The Kier molecular flexibility index (Phi) is 4.56. The van der Waals surface area contributed by atoms with Crippen molar-refractivity contribution in [2.24, 2.45) is 0 Å². The fourth-order valence-electron chi connectivity index (χ4n) is 1.70. The summed E-state index contributed by atoms with van der Waals surface area (Å²) in [5.74, 6) is -0.000506. The predicted molar refractivity (Wildman–Crippen MR) is 78.5 cm³/mol. The van der Waals surface area contributed by atoms with Crippen LogP contribution in [0.1, 0.15) is 21.3 Å². The first-order chi connectivity index (χ1) is 8.70. The van der Waals surface area contributed by atoms with Crippen molar-refractivity contribution in [2.45, 2.75) is 10.2 Å². The summed E-state index contributed by atoms with van der Waals surface area (Å²) in [7, 11) is 0. The van der Waals surface area contributed by atoms with Gasteiger partial charge in [0.15, 0.2) is 5.78 Å². The van der Waals surface area contributed by atoms with E-state index in [4.69, 9.17) is 11.6 Å². The molecule has 0 fully saturated rings. The lowest BCUT2D eigenvalue weighted by Crippen LogP contribution is -2.19. The Morgan fingerprint density at radius 2 is 1.44 bits per heavy atom. The highest BCUT2D eigenvalue weighted by Crippen LogP contribution is 2.31. The summed E-state index contributed by atoms with van der Waals surface area (Å²) in [5.41, 5.74) is 1.60. The van der Waals surface area contributed by atoms with Crippen LogP contribution in [-0.4, -0.2) is 10.6 Å². The number of halogens is 2. The number of hydrogen-bond donors (Lipinski definition) is 0. The maximum Gasteiger partial charge on any atom is 0.178 e. The Labute approximate surface area is 120 Å². The van der Waals surface area contributed by atoms with Gasteiger partial charge in [0.2, 0.25) is 0 Å². The molecule has 0 saturated carbocycles. The van der Waals surface area contributed by atoms with Crippen LogP contribution in [0.5, 0.6) is 0 Å². The van der Waals surface area contributed by atoms with Crippen LogP contribution in [0.3, 0.4) is 0 Å². The number of rotatable bonds is 4. The molecule has 2 atom stereocenters. The molecule has 2 aromatic carbocycles. The molecule has 0 aliphatic heterocycles. The minimum atomic E-state index is -0.427. The van der Waals surface area contributed by atoms with Gasteiger partial charge < -0.3 is 0 Å². The van der Waals surface area contributed by atoms with Crippen molar-refractivity contribution in [1.82, 2.24) is 0 Å². The van der Waals surface area contributed by atoms with Gasteiger partial charge in [-0.15, -0.1) is 11.6 Å². The third kappa shape index (κ3) is 3.01. The van der Waals surface area contributed by atoms with E-state index in [1.807, 2.05) is 48.5 Å². The maximum atomic E-state index is 12.2. The Balaban J connectivity index is 2.17. The van der Waals surface area contributed by atoms with Crippen molar-refractivity contribution >= 4 is 33.3 Å². The first-order valence-corrected chi connectivity index (χ1v) is 6.97. The van der Waals surface area contributed by atoms with Gasteiger partial charge in [0.25, 0.3) is 0 Å². The van der Waals surface area contributed by atoms with Crippen LogP contribution in [0, 0.1) is 0 Å². The molecule has 0 aromatic heterocycles. The Bertz CT molecular complexity index is 513. The Morgan fingerprint density at radius 3 is 2.00 bits per heavy atom. The molecule has 18 heavy (non-hydrogen) atoms. The third-order valence-corrected chi connectivity index (χ3v) is 4.44. The van der Waals surface area contributed by atoms with E-state index < -0.39 is 4.83 Å². The maximum absolute atomic E-state index is 12.2. The largest absolute Gasteiger partial charge is 0.293 e. The van der Waals surface area contributed by atoms with Crippen molar-refractivity contribution in [2.75, 3.05) is 0 Å². The van der Waals surface area contributed by atoms with Gasteiger partial charge in [0, 0.05) is 5.56 Å². The molecule has 0 aliphatic rings. The molecule has 0 heterocycles. The fraction of sp³-hybridized carbons (Fsp3) is 0.133. The van der Waals surface area contributed by atoms with Crippen LogP contribution in [0.2, 0.25) is 0 Å². The van der Waals surface area contributed by atoms with Crippen molar-refractivity contribution in [3.63, 3.8) is 0 Å². The molecule has 0 bridgehead atoms. The number of benzene rings is 2. The number of carbonyl (C=O) groups excluding carboxylic acids is 1. The van der Waals surface area contributed by atoms with Gasteiger partial charge in [0.05, 0.1) is 10.2 Å². The lowest BCUT2D eigenvalue weighted by molar-refractivity contribution is 0.0990. The number of alkyl halides is 2. The van der Waals surface area contributed by atoms with Gasteiger partial charge in [0.1, 0.15) is 0 Å². The quantitative estimate of drug-likeness (QED) is 0.593. The Hall–Kier alpha value is -1.12.